The summed E-state index contributed by atoms with van der Waals surface area (Å²) in [6.45, 7) is 0.168. The molecule has 2 saturated carbocycles. The zero-order valence-corrected chi connectivity index (χ0v) is 10.9. The van der Waals surface area contributed by atoms with Crippen molar-refractivity contribution >= 4 is 11.9 Å². The van der Waals surface area contributed by atoms with Crippen LogP contribution >= 0.6 is 0 Å². The molecule has 0 aromatic carbocycles. The summed E-state index contributed by atoms with van der Waals surface area (Å²) in [5.74, 6) is -0.237. The lowest BCUT2D eigenvalue weighted by atomic mass is 10.1. The molecule has 0 heterocycles. The molecule has 2 rings (SSSR count). The maximum absolute atomic E-state index is 12.0. The Bertz CT molecular complexity index is 322. The Morgan fingerprint density at radius 1 is 1.28 bits per heavy atom. The molecule has 2 fully saturated rings. The molecule has 2 N–H and O–H groups in total. The van der Waals surface area contributed by atoms with E-state index < -0.39 is 0 Å². The van der Waals surface area contributed by atoms with Crippen LogP contribution in [0.4, 0.5) is 0 Å². The number of carbonyl (C=O) groups excluding carboxylic acids is 2. The molecule has 5 heteroatoms. The van der Waals surface area contributed by atoms with Crippen molar-refractivity contribution in [3.8, 4) is 0 Å². The van der Waals surface area contributed by atoms with E-state index in [2.05, 4.69) is 0 Å². The fourth-order valence-electron chi connectivity index (χ4n) is 3.00. The number of hydrogen-bond acceptors (Lipinski definition) is 4. The monoisotopic (exact) mass is 254 g/mol. The average Bonchev–Trinajstić information content (AvgIpc) is 3.01. The van der Waals surface area contributed by atoms with Crippen LogP contribution in [0.25, 0.3) is 0 Å². The van der Waals surface area contributed by atoms with Crippen molar-refractivity contribution in [1.82, 2.24) is 4.90 Å². The minimum Gasteiger partial charge on any atom is -0.468 e. The van der Waals surface area contributed by atoms with Crippen molar-refractivity contribution in [3.05, 3.63) is 0 Å². The van der Waals surface area contributed by atoms with Crippen molar-refractivity contribution in [1.29, 1.82) is 0 Å². The number of methoxy groups -OCH3 is 1. The highest BCUT2D eigenvalue weighted by atomic mass is 16.5. The van der Waals surface area contributed by atoms with Gasteiger partial charge in [-0.1, -0.05) is 12.8 Å². The Morgan fingerprint density at radius 3 is 2.33 bits per heavy atom. The first-order valence-electron chi connectivity index (χ1n) is 6.75. The van der Waals surface area contributed by atoms with Gasteiger partial charge in [0, 0.05) is 6.04 Å². The van der Waals surface area contributed by atoms with Crippen LogP contribution in [0, 0.1) is 5.92 Å². The van der Waals surface area contributed by atoms with E-state index in [0.717, 1.165) is 25.7 Å². The van der Waals surface area contributed by atoms with E-state index in [1.54, 1.807) is 0 Å². The summed E-state index contributed by atoms with van der Waals surface area (Å²) >= 11 is 0. The van der Waals surface area contributed by atoms with Gasteiger partial charge in [0.05, 0.1) is 13.7 Å². The van der Waals surface area contributed by atoms with Crippen LogP contribution in [-0.4, -0.2) is 42.5 Å². The first kappa shape index (κ1) is 13.3. The Hall–Kier alpha value is -1.10. The summed E-state index contributed by atoms with van der Waals surface area (Å²) in [6.07, 6.45) is 6.52. The van der Waals surface area contributed by atoms with Gasteiger partial charge in [0.1, 0.15) is 6.04 Å². The van der Waals surface area contributed by atoms with Crippen LogP contribution in [0.3, 0.4) is 0 Å². The van der Waals surface area contributed by atoms with Crippen LogP contribution in [0.1, 0.15) is 38.5 Å². The molecule has 2 aliphatic rings. The van der Waals surface area contributed by atoms with E-state index in [0.29, 0.717) is 12.0 Å². The van der Waals surface area contributed by atoms with Gasteiger partial charge in [-0.15, -0.1) is 0 Å². The van der Waals surface area contributed by atoms with Crippen molar-refractivity contribution < 1.29 is 14.3 Å². The fourth-order valence-corrected chi connectivity index (χ4v) is 3.00. The van der Waals surface area contributed by atoms with Gasteiger partial charge in [-0.2, -0.15) is 0 Å². The summed E-state index contributed by atoms with van der Waals surface area (Å²) < 4.78 is 4.90. The molecule has 18 heavy (non-hydrogen) atoms. The molecule has 0 aromatic rings. The Balaban J connectivity index is 2.13. The van der Waals surface area contributed by atoms with Crippen molar-refractivity contribution in [2.24, 2.45) is 11.7 Å². The van der Waals surface area contributed by atoms with Crippen LogP contribution < -0.4 is 5.73 Å². The number of nitrogens with zero attached hydrogens (tertiary/aromatic N) is 1. The van der Waals surface area contributed by atoms with Crippen LogP contribution in [-0.2, 0) is 14.3 Å². The Morgan fingerprint density at radius 2 is 1.89 bits per heavy atom. The van der Waals surface area contributed by atoms with Gasteiger partial charge in [-0.25, -0.2) is 0 Å². The van der Waals surface area contributed by atoms with Gasteiger partial charge >= 0.3 is 5.97 Å². The smallest absolute Gasteiger partial charge is 0.323 e. The number of carbonyl (C=O) groups is 2. The number of rotatable bonds is 6. The lowest BCUT2D eigenvalue weighted by Crippen LogP contribution is -2.51. The molecule has 1 unspecified atom stereocenters. The molecular formula is C13H22N2O3. The van der Waals surface area contributed by atoms with E-state index >= 15 is 0 Å². The Labute approximate surface area is 108 Å². The Kier molecular flexibility index (Phi) is 4.22. The third kappa shape index (κ3) is 3.02. The summed E-state index contributed by atoms with van der Waals surface area (Å²) in [5.41, 5.74) is 5.33. The molecule has 1 amide bonds. The molecule has 1 atom stereocenters. The van der Waals surface area contributed by atoms with Crippen LogP contribution in [0.2, 0.25) is 0 Å². The minimum atomic E-state index is -0.364. The van der Waals surface area contributed by atoms with Gasteiger partial charge in [-0.05, 0) is 31.6 Å². The second kappa shape index (κ2) is 5.69. The third-order valence-electron chi connectivity index (χ3n) is 4.00. The van der Waals surface area contributed by atoms with E-state index in [-0.39, 0.29) is 24.5 Å². The highest BCUT2D eigenvalue weighted by Crippen LogP contribution is 2.38. The average molecular weight is 254 g/mol. The SMILES string of the molecule is COC(=O)C(C1CC1)N(CC(N)=O)C1CCCC1. The number of hydrogen-bond donors (Lipinski definition) is 1. The van der Waals surface area contributed by atoms with Gasteiger partial charge in [-0.3, -0.25) is 14.5 Å². The quantitative estimate of drug-likeness (QED) is 0.707. The first-order valence-corrected chi connectivity index (χ1v) is 6.75. The molecule has 0 spiro atoms. The number of amides is 1. The molecule has 0 saturated heterocycles. The van der Waals surface area contributed by atoms with E-state index in [1.807, 2.05) is 4.90 Å². The molecule has 0 aromatic heterocycles. The van der Waals surface area contributed by atoms with Crippen LogP contribution in [0.5, 0.6) is 0 Å². The zero-order valence-electron chi connectivity index (χ0n) is 10.9. The minimum absolute atomic E-state index is 0.168. The van der Waals surface area contributed by atoms with Gasteiger partial charge in [0.2, 0.25) is 5.91 Å². The summed E-state index contributed by atoms with van der Waals surface area (Å²) in [4.78, 5) is 25.2. The predicted molar refractivity (Wildman–Crippen MR) is 66.7 cm³/mol. The molecule has 0 bridgehead atoms. The fraction of sp³-hybridized carbons (Fsp3) is 0.846. The van der Waals surface area contributed by atoms with Gasteiger partial charge in [0.15, 0.2) is 0 Å². The number of esters is 1. The second-order valence-electron chi connectivity index (χ2n) is 5.38. The number of ether oxygens (including phenoxy) is 1. The lowest BCUT2D eigenvalue weighted by Gasteiger charge is -2.33. The molecule has 5 nitrogen and oxygen atoms in total. The molecule has 102 valence electrons. The molecule has 2 aliphatic carbocycles. The van der Waals surface area contributed by atoms with Gasteiger partial charge in [0.25, 0.3) is 0 Å². The molecule has 0 aliphatic heterocycles. The van der Waals surface area contributed by atoms with E-state index in [1.165, 1.54) is 20.0 Å². The summed E-state index contributed by atoms with van der Waals surface area (Å²) in [6, 6.07) is 0.0350. The summed E-state index contributed by atoms with van der Waals surface area (Å²) in [7, 11) is 1.41. The number of nitrogens with two attached hydrogens (primary N) is 1. The van der Waals surface area contributed by atoms with Crippen molar-refractivity contribution in [3.63, 3.8) is 0 Å². The number of primary amides is 1. The zero-order chi connectivity index (χ0) is 13.1. The molecular weight excluding hydrogens is 232 g/mol. The predicted octanol–water partition coefficient (Wildman–Crippen LogP) is 0.668. The topological polar surface area (TPSA) is 72.6 Å². The van der Waals surface area contributed by atoms with Crippen LogP contribution in [0.15, 0.2) is 0 Å². The maximum atomic E-state index is 12.0. The highest BCUT2D eigenvalue weighted by molar-refractivity contribution is 5.80. The normalized spacial score (nSPS) is 22.1. The largest absolute Gasteiger partial charge is 0.468 e. The van der Waals surface area contributed by atoms with E-state index in [9.17, 15) is 9.59 Å². The second-order valence-corrected chi connectivity index (χ2v) is 5.38. The van der Waals surface area contributed by atoms with Crippen molar-refractivity contribution in [2.45, 2.75) is 50.6 Å². The summed E-state index contributed by atoms with van der Waals surface area (Å²) in [5, 5.41) is 0. The van der Waals surface area contributed by atoms with Crippen molar-refractivity contribution in [2.75, 3.05) is 13.7 Å². The van der Waals surface area contributed by atoms with E-state index in [4.69, 9.17) is 10.5 Å². The maximum Gasteiger partial charge on any atom is 0.323 e. The third-order valence-corrected chi connectivity index (χ3v) is 4.00. The molecule has 0 radical (unpaired) electrons. The first-order chi connectivity index (χ1) is 8.63. The lowest BCUT2D eigenvalue weighted by molar-refractivity contribution is -0.149. The standard InChI is InChI=1S/C13H22N2O3/c1-18-13(17)12(9-6-7-9)15(8-11(14)16)10-4-2-3-5-10/h9-10,12H,2-8H2,1H3,(H2,14,16). The highest BCUT2D eigenvalue weighted by Gasteiger charge is 2.44. The van der Waals surface area contributed by atoms with Gasteiger partial charge < -0.3 is 10.5 Å².